The third-order valence-corrected chi connectivity index (χ3v) is 6.20. The summed E-state index contributed by atoms with van der Waals surface area (Å²) in [5.74, 6) is 0.979. The summed E-state index contributed by atoms with van der Waals surface area (Å²) < 4.78 is 13.3. The van der Waals surface area contributed by atoms with Crippen molar-refractivity contribution in [2.75, 3.05) is 5.32 Å². The van der Waals surface area contributed by atoms with Crippen LogP contribution in [-0.2, 0) is 13.2 Å². The molecule has 2 aromatic carbocycles. The Morgan fingerprint density at radius 2 is 1.76 bits per heavy atom. The lowest BCUT2D eigenvalue weighted by Gasteiger charge is -2.11. The lowest BCUT2D eigenvalue weighted by Crippen LogP contribution is -2.16. The second-order valence-electron chi connectivity index (χ2n) is 8.70. The maximum Gasteiger partial charge on any atom is 0.278 e. The average Bonchev–Trinajstić information content (AvgIpc) is 3.30. The van der Waals surface area contributed by atoms with E-state index in [2.05, 4.69) is 46.8 Å². The molecule has 0 saturated carbocycles. The van der Waals surface area contributed by atoms with Gasteiger partial charge in [0.15, 0.2) is 5.69 Å². The highest BCUT2D eigenvalue weighted by atomic mass is 16.5. The largest absolute Gasteiger partial charge is 0.488 e. The first kappa shape index (κ1) is 23.3. The molecule has 2 heterocycles. The fourth-order valence-electron chi connectivity index (χ4n) is 3.84. The number of aryl methyl sites for hydroxylation is 4. The number of ether oxygens (including phenoxy) is 1. The van der Waals surface area contributed by atoms with Gasteiger partial charge in [-0.25, -0.2) is 0 Å². The van der Waals surface area contributed by atoms with Gasteiger partial charge in [0.25, 0.3) is 5.91 Å². The van der Waals surface area contributed by atoms with Gasteiger partial charge in [0.2, 0.25) is 0 Å². The van der Waals surface area contributed by atoms with Gasteiger partial charge in [-0.1, -0.05) is 47.1 Å². The Balaban J connectivity index is 1.52. The third-order valence-electron chi connectivity index (χ3n) is 6.20. The van der Waals surface area contributed by atoms with Crippen LogP contribution in [0.4, 0.5) is 5.69 Å². The van der Waals surface area contributed by atoms with E-state index in [4.69, 9.17) is 9.26 Å². The van der Waals surface area contributed by atoms with E-state index in [1.807, 2.05) is 50.6 Å². The molecule has 176 valence electrons. The van der Waals surface area contributed by atoms with Crippen molar-refractivity contribution in [2.24, 2.45) is 0 Å². The standard InChI is InChI=1S/C27H30N4O3/c1-16-10-12-22(13-11-16)14-31-20(5)25(19(4)29-31)28-27(32)26-23(21(6)34-30-26)15-33-24-9-7-8-17(2)18(24)3/h7-13H,14-15H2,1-6H3,(H,28,32). The quantitative estimate of drug-likeness (QED) is 0.390. The topological polar surface area (TPSA) is 82.2 Å². The van der Waals surface area contributed by atoms with Gasteiger partial charge in [-0.15, -0.1) is 0 Å². The molecule has 7 nitrogen and oxygen atoms in total. The van der Waals surface area contributed by atoms with Crippen LogP contribution in [0.25, 0.3) is 0 Å². The summed E-state index contributed by atoms with van der Waals surface area (Å²) >= 11 is 0. The number of nitrogens with one attached hydrogen (secondary N) is 1. The zero-order chi connectivity index (χ0) is 24.4. The minimum Gasteiger partial charge on any atom is -0.488 e. The Hall–Kier alpha value is -3.87. The molecule has 7 heteroatoms. The number of rotatable bonds is 7. The molecular weight excluding hydrogens is 428 g/mol. The molecule has 0 spiro atoms. The Labute approximate surface area is 199 Å². The van der Waals surface area contributed by atoms with Gasteiger partial charge in [-0.05, 0) is 64.3 Å². The lowest BCUT2D eigenvalue weighted by molar-refractivity contribution is 0.101. The molecule has 2 aromatic heterocycles. The predicted molar refractivity (Wildman–Crippen MR) is 131 cm³/mol. The van der Waals surface area contributed by atoms with Gasteiger partial charge >= 0.3 is 0 Å². The molecule has 0 aliphatic heterocycles. The number of hydrogen-bond acceptors (Lipinski definition) is 5. The number of carbonyl (C=O) groups is 1. The Kier molecular flexibility index (Phi) is 6.54. The fraction of sp³-hybridized carbons (Fsp3) is 0.296. The maximum atomic E-state index is 13.2. The van der Waals surface area contributed by atoms with E-state index in [9.17, 15) is 4.79 Å². The van der Waals surface area contributed by atoms with Gasteiger partial charge in [-0.2, -0.15) is 5.10 Å². The Morgan fingerprint density at radius 1 is 1.03 bits per heavy atom. The maximum absolute atomic E-state index is 13.2. The molecule has 0 unspecified atom stereocenters. The van der Waals surface area contributed by atoms with Crippen molar-refractivity contribution in [3.63, 3.8) is 0 Å². The number of aromatic nitrogens is 3. The smallest absolute Gasteiger partial charge is 0.278 e. The van der Waals surface area contributed by atoms with Crippen LogP contribution in [0.1, 0.15) is 55.5 Å². The van der Waals surface area contributed by atoms with Crippen LogP contribution in [0, 0.1) is 41.5 Å². The second-order valence-corrected chi connectivity index (χ2v) is 8.70. The van der Waals surface area contributed by atoms with Crippen LogP contribution in [0.2, 0.25) is 0 Å². The number of carbonyl (C=O) groups excluding carboxylic acids is 1. The zero-order valence-corrected chi connectivity index (χ0v) is 20.5. The average molecular weight is 459 g/mol. The summed E-state index contributed by atoms with van der Waals surface area (Å²) in [4.78, 5) is 13.2. The number of anilines is 1. The van der Waals surface area contributed by atoms with Gasteiger partial charge in [0.1, 0.15) is 18.1 Å². The van der Waals surface area contributed by atoms with E-state index < -0.39 is 0 Å². The molecule has 0 atom stereocenters. The Bertz CT molecular complexity index is 1330. The highest BCUT2D eigenvalue weighted by Crippen LogP contribution is 2.25. The number of hydrogen-bond donors (Lipinski definition) is 1. The Morgan fingerprint density at radius 3 is 2.50 bits per heavy atom. The molecule has 0 bridgehead atoms. The van der Waals surface area contributed by atoms with Crippen LogP contribution in [0.5, 0.6) is 5.75 Å². The summed E-state index contributed by atoms with van der Waals surface area (Å²) in [5, 5.41) is 11.6. The third kappa shape index (κ3) is 4.73. The molecule has 0 aliphatic rings. The summed E-state index contributed by atoms with van der Waals surface area (Å²) in [6.07, 6.45) is 0. The van der Waals surface area contributed by atoms with Gasteiger partial charge in [-0.3, -0.25) is 9.48 Å². The van der Waals surface area contributed by atoms with Crippen LogP contribution in [0.3, 0.4) is 0 Å². The normalized spacial score (nSPS) is 11.0. The molecule has 1 N–H and O–H groups in total. The minimum absolute atomic E-state index is 0.188. The van der Waals surface area contributed by atoms with Crippen LogP contribution < -0.4 is 10.1 Å². The summed E-state index contributed by atoms with van der Waals surface area (Å²) in [6.45, 7) is 12.5. The first-order valence-electron chi connectivity index (χ1n) is 11.3. The number of nitrogens with zero attached hydrogens (tertiary/aromatic N) is 3. The molecule has 0 saturated heterocycles. The highest BCUT2D eigenvalue weighted by molar-refractivity contribution is 6.04. The molecular formula is C27H30N4O3. The molecule has 0 fully saturated rings. The van der Waals surface area contributed by atoms with Crippen molar-refractivity contribution in [1.29, 1.82) is 0 Å². The van der Waals surface area contributed by atoms with E-state index in [0.29, 0.717) is 23.6 Å². The number of benzene rings is 2. The van der Waals surface area contributed by atoms with Crippen LogP contribution in [-0.4, -0.2) is 20.8 Å². The van der Waals surface area contributed by atoms with E-state index in [1.165, 1.54) is 5.56 Å². The summed E-state index contributed by atoms with van der Waals surface area (Å²) in [6, 6.07) is 14.2. The molecule has 0 radical (unpaired) electrons. The lowest BCUT2D eigenvalue weighted by atomic mass is 10.1. The van der Waals surface area contributed by atoms with Crippen molar-refractivity contribution < 1.29 is 14.1 Å². The SMILES string of the molecule is Cc1ccc(Cn2nc(C)c(NC(=O)c3noc(C)c3COc3cccc(C)c3C)c2C)cc1. The van der Waals surface area contributed by atoms with E-state index in [0.717, 1.165) is 33.8 Å². The van der Waals surface area contributed by atoms with E-state index in [1.54, 1.807) is 6.92 Å². The van der Waals surface area contributed by atoms with E-state index >= 15 is 0 Å². The second kappa shape index (κ2) is 9.55. The van der Waals surface area contributed by atoms with Crippen molar-refractivity contribution >= 4 is 11.6 Å². The van der Waals surface area contributed by atoms with Crippen molar-refractivity contribution in [3.8, 4) is 5.75 Å². The molecule has 4 aromatic rings. The van der Waals surface area contributed by atoms with Crippen LogP contribution >= 0.6 is 0 Å². The van der Waals surface area contributed by atoms with Crippen molar-refractivity contribution in [3.05, 3.63) is 93.1 Å². The van der Waals surface area contributed by atoms with Crippen molar-refractivity contribution in [1.82, 2.24) is 14.9 Å². The monoisotopic (exact) mass is 458 g/mol. The van der Waals surface area contributed by atoms with Gasteiger partial charge in [0, 0.05) is 0 Å². The zero-order valence-electron chi connectivity index (χ0n) is 20.5. The van der Waals surface area contributed by atoms with E-state index in [-0.39, 0.29) is 18.2 Å². The first-order valence-corrected chi connectivity index (χ1v) is 11.3. The highest BCUT2D eigenvalue weighted by Gasteiger charge is 2.23. The van der Waals surface area contributed by atoms with Crippen LogP contribution in [0.15, 0.2) is 47.0 Å². The van der Waals surface area contributed by atoms with Gasteiger partial charge in [0.05, 0.1) is 29.2 Å². The predicted octanol–water partition coefficient (Wildman–Crippen LogP) is 5.60. The number of amides is 1. The van der Waals surface area contributed by atoms with Gasteiger partial charge < -0.3 is 14.6 Å². The van der Waals surface area contributed by atoms with Crippen molar-refractivity contribution in [2.45, 2.75) is 54.7 Å². The first-order chi connectivity index (χ1) is 16.2. The molecule has 1 amide bonds. The fourth-order valence-corrected chi connectivity index (χ4v) is 3.84. The molecule has 4 rings (SSSR count). The summed E-state index contributed by atoms with van der Waals surface area (Å²) in [5.41, 5.74) is 7.71. The minimum atomic E-state index is -0.350. The molecule has 34 heavy (non-hydrogen) atoms. The molecule has 0 aliphatic carbocycles. The summed E-state index contributed by atoms with van der Waals surface area (Å²) in [7, 11) is 0.